The second-order valence-corrected chi connectivity index (χ2v) is 6.24. The van der Waals surface area contributed by atoms with Crippen LogP contribution in [0.1, 0.15) is 24.8 Å². The number of rotatable bonds is 4. The van der Waals surface area contributed by atoms with E-state index < -0.39 is 12.1 Å². The summed E-state index contributed by atoms with van der Waals surface area (Å²) in [7, 11) is 0. The summed E-state index contributed by atoms with van der Waals surface area (Å²) < 4.78 is 5.58. The monoisotopic (exact) mass is 317 g/mol. The smallest absolute Gasteiger partial charge is 0.249 e. The molecule has 2 amide bonds. The molecule has 2 heterocycles. The molecule has 2 aliphatic heterocycles. The standard InChI is InChI=1S/C17H23N3O3/c1-11-2-4-12(5-3-11)20-9-8-14(17(20)22)19-16(21)15-7-6-13(10-18)23-15/h2-5,13-15H,6-10,18H2,1H3,(H,19,21)/t13-,14?,15+/m1/s1. The van der Waals surface area contributed by atoms with Crippen LogP contribution in [0.15, 0.2) is 24.3 Å². The van der Waals surface area contributed by atoms with Crippen LogP contribution >= 0.6 is 0 Å². The van der Waals surface area contributed by atoms with Gasteiger partial charge in [-0.2, -0.15) is 0 Å². The van der Waals surface area contributed by atoms with Gasteiger partial charge in [0.2, 0.25) is 11.8 Å². The molecule has 6 nitrogen and oxygen atoms in total. The fourth-order valence-corrected chi connectivity index (χ4v) is 3.13. The summed E-state index contributed by atoms with van der Waals surface area (Å²) in [6.45, 7) is 3.05. The third-order valence-electron chi connectivity index (χ3n) is 4.53. The molecule has 0 aliphatic carbocycles. The molecule has 124 valence electrons. The third kappa shape index (κ3) is 3.38. The van der Waals surface area contributed by atoms with Gasteiger partial charge in [-0.25, -0.2) is 0 Å². The van der Waals surface area contributed by atoms with E-state index in [9.17, 15) is 9.59 Å². The first-order valence-corrected chi connectivity index (χ1v) is 8.12. The maximum absolute atomic E-state index is 12.5. The summed E-state index contributed by atoms with van der Waals surface area (Å²) >= 11 is 0. The molecular weight excluding hydrogens is 294 g/mol. The lowest BCUT2D eigenvalue weighted by Gasteiger charge is -2.19. The average Bonchev–Trinajstić information content (AvgIpc) is 3.16. The highest BCUT2D eigenvalue weighted by Crippen LogP contribution is 2.23. The van der Waals surface area contributed by atoms with E-state index >= 15 is 0 Å². The van der Waals surface area contributed by atoms with E-state index in [4.69, 9.17) is 10.5 Å². The first-order chi connectivity index (χ1) is 11.1. The van der Waals surface area contributed by atoms with Crippen LogP contribution in [-0.4, -0.2) is 43.2 Å². The quantitative estimate of drug-likeness (QED) is 0.857. The second-order valence-electron chi connectivity index (χ2n) is 6.24. The minimum atomic E-state index is -0.482. The molecule has 2 fully saturated rings. The number of carbonyl (C=O) groups is 2. The number of hydrogen-bond acceptors (Lipinski definition) is 4. The Balaban J connectivity index is 1.59. The summed E-state index contributed by atoms with van der Waals surface area (Å²) in [5.41, 5.74) is 7.58. The van der Waals surface area contributed by atoms with Crippen LogP contribution in [0.4, 0.5) is 5.69 Å². The van der Waals surface area contributed by atoms with Crippen molar-refractivity contribution in [2.24, 2.45) is 5.73 Å². The number of nitrogens with two attached hydrogens (primary N) is 1. The highest BCUT2D eigenvalue weighted by molar-refractivity contribution is 6.01. The van der Waals surface area contributed by atoms with Crippen LogP contribution in [0.2, 0.25) is 0 Å². The molecule has 0 spiro atoms. The van der Waals surface area contributed by atoms with Crippen LogP contribution < -0.4 is 16.0 Å². The molecule has 1 unspecified atom stereocenters. The summed E-state index contributed by atoms with van der Waals surface area (Å²) in [5.74, 6) is -0.263. The molecule has 0 bridgehead atoms. The molecule has 0 radical (unpaired) electrons. The number of aryl methyl sites for hydroxylation is 1. The van der Waals surface area contributed by atoms with Crippen molar-refractivity contribution in [3.05, 3.63) is 29.8 Å². The molecule has 0 aromatic heterocycles. The minimum Gasteiger partial charge on any atom is -0.364 e. The van der Waals surface area contributed by atoms with Crippen molar-refractivity contribution >= 4 is 17.5 Å². The van der Waals surface area contributed by atoms with Crippen molar-refractivity contribution < 1.29 is 14.3 Å². The molecule has 1 aromatic carbocycles. The number of anilines is 1. The molecule has 6 heteroatoms. The van der Waals surface area contributed by atoms with Gasteiger partial charge >= 0.3 is 0 Å². The van der Waals surface area contributed by atoms with E-state index in [1.165, 1.54) is 0 Å². The predicted octanol–water partition coefficient (Wildman–Crippen LogP) is 0.723. The van der Waals surface area contributed by atoms with Gasteiger partial charge in [0.25, 0.3) is 0 Å². The van der Waals surface area contributed by atoms with Gasteiger partial charge in [-0.3, -0.25) is 9.59 Å². The maximum Gasteiger partial charge on any atom is 0.249 e. The van der Waals surface area contributed by atoms with Gasteiger partial charge < -0.3 is 20.7 Å². The van der Waals surface area contributed by atoms with Crippen molar-refractivity contribution in [1.29, 1.82) is 0 Å². The van der Waals surface area contributed by atoms with E-state index in [-0.39, 0.29) is 17.9 Å². The van der Waals surface area contributed by atoms with Crippen molar-refractivity contribution in [1.82, 2.24) is 5.32 Å². The normalized spacial score (nSPS) is 27.5. The predicted molar refractivity (Wildman–Crippen MR) is 87.0 cm³/mol. The van der Waals surface area contributed by atoms with Gasteiger partial charge in [-0.05, 0) is 38.3 Å². The molecule has 2 aliphatic rings. The van der Waals surface area contributed by atoms with E-state index in [2.05, 4.69) is 5.32 Å². The van der Waals surface area contributed by atoms with Crippen LogP contribution in [0, 0.1) is 6.92 Å². The SMILES string of the molecule is Cc1ccc(N2CCC(NC(=O)[C@@H]3CC[C@H](CN)O3)C2=O)cc1. The highest BCUT2D eigenvalue weighted by Gasteiger charge is 2.37. The van der Waals surface area contributed by atoms with Crippen molar-refractivity contribution in [2.75, 3.05) is 18.0 Å². The van der Waals surface area contributed by atoms with Gasteiger partial charge in [0.05, 0.1) is 6.10 Å². The number of hydrogen-bond donors (Lipinski definition) is 2. The molecule has 3 atom stereocenters. The fourth-order valence-electron chi connectivity index (χ4n) is 3.13. The first-order valence-electron chi connectivity index (χ1n) is 8.12. The van der Waals surface area contributed by atoms with Crippen LogP contribution in [-0.2, 0) is 14.3 Å². The molecule has 0 saturated carbocycles. The Labute approximate surface area is 136 Å². The Bertz CT molecular complexity index is 587. The first kappa shape index (κ1) is 16.0. The Morgan fingerprint density at radius 1 is 1.30 bits per heavy atom. The van der Waals surface area contributed by atoms with E-state index in [0.717, 1.165) is 17.7 Å². The lowest BCUT2D eigenvalue weighted by Crippen LogP contribution is -2.45. The summed E-state index contributed by atoms with van der Waals surface area (Å²) in [5, 5.41) is 2.83. The molecule has 1 aromatic rings. The number of nitrogens with one attached hydrogen (secondary N) is 1. The molecular formula is C17H23N3O3. The lowest BCUT2D eigenvalue weighted by atomic mass is 10.1. The minimum absolute atomic E-state index is 0.0471. The topological polar surface area (TPSA) is 84.7 Å². The summed E-state index contributed by atoms with van der Waals surface area (Å²) in [6.07, 6.45) is 1.55. The number of carbonyl (C=O) groups excluding carboxylic acids is 2. The van der Waals surface area contributed by atoms with Crippen molar-refractivity contribution in [2.45, 2.75) is 44.4 Å². The van der Waals surface area contributed by atoms with Crippen LogP contribution in [0.3, 0.4) is 0 Å². The third-order valence-corrected chi connectivity index (χ3v) is 4.53. The summed E-state index contributed by atoms with van der Waals surface area (Å²) in [4.78, 5) is 26.5. The second kappa shape index (κ2) is 6.68. The van der Waals surface area contributed by atoms with Gasteiger partial charge in [-0.15, -0.1) is 0 Å². The fraction of sp³-hybridized carbons (Fsp3) is 0.529. The molecule has 3 N–H and O–H groups in total. The molecule has 23 heavy (non-hydrogen) atoms. The van der Waals surface area contributed by atoms with Gasteiger partial charge in [0, 0.05) is 18.8 Å². The maximum atomic E-state index is 12.5. The average molecular weight is 317 g/mol. The van der Waals surface area contributed by atoms with E-state index in [1.54, 1.807) is 4.90 Å². The lowest BCUT2D eigenvalue weighted by molar-refractivity contribution is -0.134. The zero-order chi connectivity index (χ0) is 16.4. The zero-order valence-electron chi connectivity index (χ0n) is 13.3. The van der Waals surface area contributed by atoms with E-state index in [0.29, 0.717) is 25.9 Å². The highest BCUT2D eigenvalue weighted by atomic mass is 16.5. The number of benzene rings is 1. The molecule has 2 saturated heterocycles. The largest absolute Gasteiger partial charge is 0.364 e. The van der Waals surface area contributed by atoms with Crippen molar-refractivity contribution in [3.8, 4) is 0 Å². The zero-order valence-corrected chi connectivity index (χ0v) is 13.3. The number of ether oxygens (including phenoxy) is 1. The number of nitrogens with zero attached hydrogens (tertiary/aromatic N) is 1. The van der Waals surface area contributed by atoms with Gasteiger partial charge in [0.15, 0.2) is 0 Å². The van der Waals surface area contributed by atoms with Crippen LogP contribution in [0.5, 0.6) is 0 Å². The Kier molecular flexibility index (Phi) is 4.63. The number of amides is 2. The Hall–Kier alpha value is -1.92. The van der Waals surface area contributed by atoms with E-state index in [1.807, 2.05) is 31.2 Å². The Morgan fingerprint density at radius 3 is 2.70 bits per heavy atom. The molecule has 3 rings (SSSR count). The Morgan fingerprint density at radius 2 is 2.04 bits per heavy atom. The summed E-state index contributed by atoms with van der Waals surface area (Å²) in [6, 6.07) is 7.36. The van der Waals surface area contributed by atoms with Gasteiger partial charge in [0.1, 0.15) is 12.1 Å². The van der Waals surface area contributed by atoms with Gasteiger partial charge in [-0.1, -0.05) is 17.7 Å². The van der Waals surface area contributed by atoms with Crippen molar-refractivity contribution in [3.63, 3.8) is 0 Å². The van der Waals surface area contributed by atoms with Crippen LogP contribution in [0.25, 0.3) is 0 Å².